The average Bonchev–Trinajstić information content (AvgIpc) is 2.46. The van der Waals surface area contributed by atoms with Crippen LogP contribution in [0.15, 0.2) is 35.5 Å². The Hall–Kier alpha value is -0.780. The molecule has 0 fully saturated rings. The summed E-state index contributed by atoms with van der Waals surface area (Å²) < 4.78 is 0. The zero-order valence-corrected chi connectivity index (χ0v) is 12.1. The molecule has 0 aromatic carbocycles. The van der Waals surface area contributed by atoms with Gasteiger partial charge in [0.15, 0.2) is 0 Å². The normalized spacial score (nSPS) is 29.2. The second-order valence-corrected chi connectivity index (χ2v) is 5.72. The molecule has 2 atom stereocenters. The molecule has 0 heterocycles. The van der Waals surface area contributed by atoms with Crippen LogP contribution in [0.3, 0.4) is 0 Å². The van der Waals surface area contributed by atoms with Crippen molar-refractivity contribution in [2.24, 2.45) is 11.8 Å². The van der Waals surface area contributed by atoms with E-state index in [9.17, 15) is 0 Å². The van der Waals surface area contributed by atoms with Crippen molar-refractivity contribution in [3.63, 3.8) is 0 Å². The van der Waals surface area contributed by atoms with Crippen LogP contribution in [0.4, 0.5) is 0 Å². The SMILES string of the molecule is CC/C(=C(/CC)C1CC=CCC1)C1CC=CCC1. The zero-order valence-electron chi connectivity index (χ0n) is 12.1. The Bertz CT molecular complexity index is 309. The van der Waals surface area contributed by atoms with Crippen LogP contribution in [0.2, 0.25) is 0 Å². The van der Waals surface area contributed by atoms with Gasteiger partial charge in [-0.2, -0.15) is 0 Å². The third-order valence-electron chi connectivity index (χ3n) is 4.70. The van der Waals surface area contributed by atoms with Gasteiger partial charge >= 0.3 is 0 Å². The van der Waals surface area contributed by atoms with Gasteiger partial charge in [0.25, 0.3) is 0 Å². The average molecular weight is 244 g/mol. The molecule has 2 unspecified atom stereocenters. The molecule has 18 heavy (non-hydrogen) atoms. The summed E-state index contributed by atoms with van der Waals surface area (Å²) in [4.78, 5) is 0. The minimum absolute atomic E-state index is 0.848. The van der Waals surface area contributed by atoms with Crippen LogP contribution in [-0.4, -0.2) is 0 Å². The second kappa shape index (κ2) is 6.97. The quantitative estimate of drug-likeness (QED) is 0.547. The van der Waals surface area contributed by atoms with Gasteiger partial charge in [-0.1, -0.05) is 49.3 Å². The fourth-order valence-corrected chi connectivity index (χ4v) is 3.78. The number of hydrogen-bond donors (Lipinski definition) is 0. The summed E-state index contributed by atoms with van der Waals surface area (Å²) in [5.41, 5.74) is 3.62. The third-order valence-corrected chi connectivity index (χ3v) is 4.70. The molecule has 0 nitrogen and oxygen atoms in total. The first kappa shape index (κ1) is 13.6. The van der Waals surface area contributed by atoms with E-state index in [0.717, 1.165) is 11.8 Å². The molecular formula is C18H28. The van der Waals surface area contributed by atoms with Gasteiger partial charge in [-0.15, -0.1) is 0 Å². The predicted molar refractivity (Wildman–Crippen MR) is 80.6 cm³/mol. The molecule has 0 saturated carbocycles. The van der Waals surface area contributed by atoms with Crippen molar-refractivity contribution < 1.29 is 0 Å². The van der Waals surface area contributed by atoms with E-state index in [1.54, 1.807) is 0 Å². The first-order valence-corrected chi connectivity index (χ1v) is 7.88. The molecule has 0 amide bonds. The van der Waals surface area contributed by atoms with Crippen LogP contribution >= 0.6 is 0 Å². The van der Waals surface area contributed by atoms with Crippen LogP contribution in [-0.2, 0) is 0 Å². The summed E-state index contributed by atoms with van der Waals surface area (Å²) in [7, 11) is 0. The molecule has 0 spiro atoms. The Morgan fingerprint density at radius 2 is 1.22 bits per heavy atom. The lowest BCUT2D eigenvalue weighted by atomic mass is 9.76. The summed E-state index contributed by atoms with van der Waals surface area (Å²) in [5, 5.41) is 0. The maximum atomic E-state index is 2.40. The van der Waals surface area contributed by atoms with Gasteiger partial charge in [0.05, 0.1) is 0 Å². The highest BCUT2D eigenvalue weighted by atomic mass is 14.3. The molecule has 0 aromatic rings. The van der Waals surface area contributed by atoms with Crippen LogP contribution in [0.25, 0.3) is 0 Å². The van der Waals surface area contributed by atoms with Crippen molar-refractivity contribution in [3.05, 3.63) is 35.5 Å². The lowest BCUT2D eigenvalue weighted by Crippen LogP contribution is -2.14. The summed E-state index contributed by atoms with van der Waals surface area (Å²) in [6, 6.07) is 0. The van der Waals surface area contributed by atoms with Crippen molar-refractivity contribution >= 4 is 0 Å². The molecular weight excluding hydrogens is 216 g/mol. The van der Waals surface area contributed by atoms with Crippen molar-refractivity contribution in [2.45, 2.75) is 65.2 Å². The summed E-state index contributed by atoms with van der Waals surface area (Å²) in [5.74, 6) is 1.70. The lowest BCUT2D eigenvalue weighted by molar-refractivity contribution is 0.486. The zero-order chi connectivity index (χ0) is 12.8. The molecule has 100 valence electrons. The minimum Gasteiger partial charge on any atom is -0.0885 e. The maximum absolute atomic E-state index is 2.40. The molecule has 0 bridgehead atoms. The summed E-state index contributed by atoms with van der Waals surface area (Å²) in [6.07, 6.45) is 20.0. The minimum atomic E-state index is 0.848. The van der Waals surface area contributed by atoms with Crippen LogP contribution in [0, 0.1) is 11.8 Å². The van der Waals surface area contributed by atoms with E-state index in [2.05, 4.69) is 38.2 Å². The predicted octanol–water partition coefficient (Wildman–Crippen LogP) is 5.82. The molecule has 2 aliphatic carbocycles. The fourth-order valence-electron chi connectivity index (χ4n) is 3.78. The van der Waals surface area contributed by atoms with E-state index in [1.165, 1.54) is 51.4 Å². The Kier molecular flexibility index (Phi) is 5.28. The topological polar surface area (TPSA) is 0 Å². The molecule has 2 rings (SSSR count). The standard InChI is InChI=1S/C18H28/c1-3-17(15-11-7-5-8-12-15)18(4-2)16-13-9-6-10-14-16/h5-7,9,15-16H,3-4,8,10-14H2,1-2H3/b18-17+. The monoisotopic (exact) mass is 244 g/mol. The van der Waals surface area contributed by atoms with E-state index in [-0.39, 0.29) is 0 Å². The van der Waals surface area contributed by atoms with Gasteiger partial charge in [-0.05, 0) is 63.2 Å². The van der Waals surface area contributed by atoms with Crippen LogP contribution in [0.5, 0.6) is 0 Å². The number of hydrogen-bond acceptors (Lipinski definition) is 0. The first-order chi connectivity index (χ1) is 8.86. The Morgan fingerprint density at radius 1 is 0.778 bits per heavy atom. The van der Waals surface area contributed by atoms with Gasteiger partial charge in [0.1, 0.15) is 0 Å². The Balaban J connectivity index is 2.20. The largest absolute Gasteiger partial charge is 0.0885 e. The number of rotatable bonds is 4. The van der Waals surface area contributed by atoms with E-state index in [1.807, 2.05) is 11.1 Å². The van der Waals surface area contributed by atoms with Crippen LogP contribution in [0.1, 0.15) is 65.2 Å². The molecule has 2 aliphatic rings. The van der Waals surface area contributed by atoms with Gasteiger partial charge in [0, 0.05) is 0 Å². The molecule has 0 saturated heterocycles. The molecule has 0 radical (unpaired) electrons. The van der Waals surface area contributed by atoms with E-state index < -0.39 is 0 Å². The number of allylic oxidation sites excluding steroid dienone is 6. The molecule has 0 heteroatoms. The molecule has 0 aromatic heterocycles. The molecule has 0 aliphatic heterocycles. The van der Waals surface area contributed by atoms with Crippen molar-refractivity contribution in [2.75, 3.05) is 0 Å². The van der Waals surface area contributed by atoms with E-state index in [4.69, 9.17) is 0 Å². The summed E-state index contributed by atoms with van der Waals surface area (Å²) >= 11 is 0. The first-order valence-electron chi connectivity index (χ1n) is 7.88. The fraction of sp³-hybridized carbons (Fsp3) is 0.667. The third kappa shape index (κ3) is 3.16. The second-order valence-electron chi connectivity index (χ2n) is 5.72. The maximum Gasteiger partial charge on any atom is -0.0163 e. The van der Waals surface area contributed by atoms with Crippen molar-refractivity contribution in [1.82, 2.24) is 0 Å². The van der Waals surface area contributed by atoms with Gasteiger partial charge in [0.2, 0.25) is 0 Å². The smallest absolute Gasteiger partial charge is 0.0163 e. The lowest BCUT2D eigenvalue weighted by Gasteiger charge is -2.29. The van der Waals surface area contributed by atoms with E-state index in [0.29, 0.717) is 0 Å². The highest BCUT2D eigenvalue weighted by molar-refractivity contribution is 5.23. The van der Waals surface area contributed by atoms with Crippen molar-refractivity contribution in [3.8, 4) is 0 Å². The Morgan fingerprint density at radius 3 is 1.50 bits per heavy atom. The molecule has 0 N–H and O–H groups in total. The Labute approximate surface area is 113 Å². The van der Waals surface area contributed by atoms with E-state index >= 15 is 0 Å². The highest BCUT2D eigenvalue weighted by Crippen LogP contribution is 2.37. The van der Waals surface area contributed by atoms with Crippen LogP contribution < -0.4 is 0 Å². The summed E-state index contributed by atoms with van der Waals surface area (Å²) in [6.45, 7) is 4.73. The highest BCUT2D eigenvalue weighted by Gasteiger charge is 2.22. The van der Waals surface area contributed by atoms with Gasteiger partial charge < -0.3 is 0 Å². The van der Waals surface area contributed by atoms with Gasteiger partial charge in [-0.25, -0.2) is 0 Å². The van der Waals surface area contributed by atoms with Crippen molar-refractivity contribution in [1.29, 1.82) is 0 Å². The van der Waals surface area contributed by atoms with Gasteiger partial charge in [-0.3, -0.25) is 0 Å².